The van der Waals surface area contributed by atoms with Crippen molar-refractivity contribution >= 4 is 29.8 Å². The van der Waals surface area contributed by atoms with E-state index in [1.54, 1.807) is 27.7 Å². The Balaban J connectivity index is 3.84. The summed E-state index contributed by atoms with van der Waals surface area (Å²) in [5, 5.41) is 11.4. The van der Waals surface area contributed by atoms with Crippen molar-refractivity contribution in [3.8, 4) is 0 Å². The zero-order chi connectivity index (χ0) is 30.0. The van der Waals surface area contributed by atoms with Crippen LogP contribution in [0.1, 0.15) is 62.3 Å². The fourth-order valence-electron chi connectivity index (χ4n) is 3.34. The van der Waals surface area contributed by atoms with E-state index in [-0.39, 0.29) is 22.3 Å². The van der Waals surface area contributed by atoms with E-state index in [9.17, 15) is 29.1 Å². The molecule has 0 aliphatic heterocycles. The molecule has 0 spiro atoms. The Bertz CT molecular complexity index is 1000. The normalized spacial score (nSPS) is 26.3. The number of ether oxygens (including phenoxy) is 5. The highest BCUT2D eigenvalue weighted by molar-refractivity contribution is 5.90. The molecule has 0 amide bonds. The van der Waals surface area contributed by atoms with Crippen molar-refractivity contribution in [1.29, 1.82) is 0 Å². The molecule has 1 rings (SSSR count). The van der Waals surface area contributed by atoms with Crippen molar-refractivity contribution in [1.82, 2.24) is 0 Å². The molecule has 0 heterocycles. The van der Waals surface area contributed by atoms with Crippen LogP contribution < -0.4 is 0 Å². The highest BCUT2D eigenvalue weighted by Gasteiger charge is 2.59. The van der Waals surface area contributed by atoms with Gasteiger partial charge in [0.2, 0.25) is 0 Å². The second-order valence-corrected chi connectivity index (χ2v) is 8.93. The number of aliphatic hydroxyl groups excluding tert-OH is 1. The molecule has 0 aromatic carbocycles. The van der Waals surface area contributed by atoms with E-state index in [1.807, 2.05) is 0 Å². The third-order valence-corrected chi connectivity index (χ3v) is 6.26. The summed E-state index contributed by atoms with van der Waals surface area (Å²) in [7, 11) is 0. The lowest BCUT2D eigenvalue weighted by Gasteiger charge is -2.46. The Hall–Kier alpha value is -3.73. The zero-order valence-electron chi connectivity index (χ0n) is 23.8. The van der Waals surface area contributed by atoms with Gasteiger partial charge in [0.05, 0.1) is 0 Å². The van der Waals surface area contributed by atoms with Crippen LogP contribution in [0.15, 0.2) is 46.6 Å². The minimum Gasteiger partial charge on any atom is -0.454 e. The van der Waals surface area contributed by atoms with E-state index in [0.717, 1.165) is 6.92 Å². The average molecular weight is 551 g/mol. The van der Waals surface area contributed by atoms with Crippen molar-refractivity contribution < 1.29 is 52.8 Å². The fraction of sp³-hybridized carbons (Fsp3) is 0.536. The highest BCUT2D eigenvalue weighted by atomic mass is 16.7. The van der Waals surface area contributed by atoms with Gasteiger partial charge in [0.25, 0.3) is 0 Å². The Morgan fingerprint density at radius 1 is 0.462 bits per heavy atom. The smallest absolute Gasteiger partial charge is 0.333 e. The van der Waals surface area contributed by atoms with Crippen LogP contribution in [0.4, 0.5) is 0 Å². The molecular formula is C28H38O11. The standard InChI is InChI=1S/C28H38O11/c1-10-14(5)25(31)36-20-19(30)21(37-26(32)15(6)11-2)23(39-28(34)17(8)13-4)24(35-18(9)29)22(20)38-27(33)16(7)12-3/h10-13,19-24,30H,1-9H3. The van der Waals surface area contributed by atoms with Crippen molar-refractivity contribution in [2.24, 2.45) is 0 Å². The van der Waals surface area contributed by atoms with Gasteiger partial charge in [0.15, 0.2) is 30.5 Å². The number of aliphatic hydroxyl groups is 1. The van der Waals surface area contributed by atoms with Gasteiger partial charge in [-0.3, -0.25) is 4.79 Å². The van der Waals surface area contributed by atoms with Gasteiger partial charge in [-0.15, -0.1) is 0 Å². The SMILES string of the molecule is CC=C(C)C(=O)OC1C(O)C(OC(=O)C(C)=CC)C(OC(=O)C(C)=CC)C(OC(C)=O)C1OC(=O)C(C)=CC. The molecule has 216 valence electrons. The van der Waals surface area contributed by atoms with Crippen LogP contribution in [0, 0.1) is 0 Å². The van der Waals surface area contributed by atoms with Gasteiger partial charge in [0.1, 0.15) is 6.10 Å². The topological polar surface area (TPSA) is 152 Å². The minimum absolute atomic E-state index is 0.163. The molecule has 1 fully saturated rings. The van der Waals surface area contributed by atoms with E-state index in [0.29, 0.717) is 0 Å². The lowest BCUT2D eigenvalue weighted by atomic mass is 9.83. The van der Waals surface area contributed by atoms with Gasteiger partial charge in [-0.1, -0.05) is 24.3 Å². The van der Waals surface area contributed by atoms with Gasteiger partial charge < -0.3 is 28.8 Å². The maximum Gasteiger partial charge on any atom is 0.333 e. The Kier molecular flexibility index (Phi) is 12.8. The molecule has 11 nitrogen and oxygen atoms in total. The van der Waals surface area contributed by atoms with E-state index < -0.39 is 66.5 Å². The lowest BCUT2D eigenvalue weighted by Crippen LogP contribution is -2.68. The first-order valence-corrected chi connectivity index (χ1v) is 12.4. The van der Waals surface area contributed by atoms with E-state index in [2.05, 4.69) is 0 Å². The molecule has 0 bridgehead atoms. The molecule has 39 heavy (non-hydrogen) atoms. The van der Waals surface area contributed by atoms with Gasteiger partial charge in [-0.25, -0.2) is 19.2 Å². The number of rotatable bonds is 9. The first-order valence-electron chi connectivity index (χ1n) is 12.4. The first-order chi connectivity index (χ1) is 18.2. The molecule has 1 aliphatic rings. The molecule has 1 saturated carbocycles. The molecule has 1 N–H and O–H groups in total. The van der Waals surface area contributed by atoms with Crippen LogP contribution in [-0.2, 0) is 47.7 Å². The van der Waals surface area contributed by atoms with Gasteiger partial charge in [-0.05, 0) is 55.4 Å². The summed E-state index contributed by atoms with van der Waals surface area (Å²) in [6.07, 6.45) is -4.34. The average Bonchev–Trinajstić information content (AvgIpc) is 2.91. The van der Waals surface area contributed by atoms with E-state index in [1.165, 1.54) is 52.0 Å². The summed E-state index contributed by atoms with van der Waals surface area (Å²) in [6.45, 7) is 13.3. The molecule has 0 saturated heterocycles. The Morgan fingerprint density at radius 3 is 0.923 bits per heavy atom. The van der Waals surface area contributed by atoms with E-state index in [4.69, 9.17) is 23.7 Å². The van der Waals surface area contributed by atoms with E-state index >= 15 is 0 Å². The second-order valence-electron chi connectivity index (χ2n) is 8.93. The third-order valence-electron chi connectivity index (χ3n) is 6.26. The number of esters is 5. The first kappa shape index (κ1) is 33.3. The van der Waals surface area contributed by atoms with Crippen LogP contribution in [0.3, 0.4) is 0 Å². The Labute approximate surface area is 228 Å². The predicted octanol–water partition coefficient (Wildman–Crippen LogP) is 2.80. The summed E-state index contributed by atoms with van der Waals surface area (Å²) >= 11 is 0. The van der Waals surface area contributed by atoms with Crippen LogP contribution in [0.25, 0.3) is 0 Å². The summed E-state index contributed by atoms with van der Waals surface area (Å²) in [6, 6.07) is 0. The van der Waals surface area contributed by atoms with Crippen molar-refractivity contribution in [2.75, 3.05) is 0 Å². The molecule has 1 aliphatic carbocycles. The third kappa shape index (κ3) is 8.64. The molecule has 0 aromatic rings. The number of allylic oxidation sites excluding steroid dienone is 4. The molecular weight excluding hydrogens is 512 g/mol. The zero-order valence-corrected chi connectivity index (χ0v) is 23.8. The number of carbonyl (C=O) groups excluding carboxylic acids is 5. The van der Waals surface area contributed by atoms with Crippen molar-refractivity contribution in [3.05, 3.63) is 46.6 Å². The maximum atomic E-state index is 12.8. The van der Waals surface area contributed by atoms with Crippen molar-refractivity contribution in [3.63, 3.8) is 0 Å². The van der Waals surface area contributed by atoms with Crippen molar-refractivity contribution in [2.45, 2.75) is 98.9 Å². The monoisotopic (exact) mass is 550 g/mol. The predicted molar refractivity (Wildman–Crippen MR) is 139 cm³/mol. The van der Waals surface area contributed by atoms with Crippen LogP contribution in [0.2, 0.25) is 0 Å². The fourth-order valence-corrected chi connectivity index (χ4v) is 3.34. The largest absolute Gasteiger partial charge is 0.454 e. The van der Waals surface area contributed by atoms with Gasteiger partial charge in [-0.2, -0.15) is 0 Å². The second kappa shape index (κ2) is 15.0. The minimum atomic E-state index is -1.87. The Morgan fingerprint density at radius 2 is 0.692 bits per heavy atom. The number of hydrogen-bond donors (Lipinski definition) is 1. The summed E-state index contributed by atoms with van der Waals surface area (Å²) in [4.78, 5) is 63.3. The summed E-state index contributed by atoms with van der Waals surface area (Å²) in [5.41, 5.74) is 0.653. The highest BCUT2D eigenvalue weighted by Crippen LogP contribution is 2.34. The number of carbonyl (C=O) groups is 5. The molecule has 4 atom stereocenters. The van der Waals surface area contributed by atoms with Gasteiger partial charge >= 0.3 is 29.8 Å². The molecule has 0 radical (unpaired) electrons. The van der Waals surface area contributed by atoms with Crippen LogP contribution in [-0.4, -0.2) is 71.6 Å². The molecule has 0 aromatic heterocycles. The molecule has 4 unspecified atom stereocenters. The maximum absolute atomic E-state index is 12.8. The van der Waals surface area contributed by atoms with Crippen LogP contribution in [0.5, 0.6) is 0 Å². The lowest BCUT2D eigenvalue weighted by molar-refractivity contribution is -0.254. The number of hydrogen-bond acceptors (Lipinski definition) is 11. The summed E-state index contributed by atoms with van der Waals surface area (Å²) < 4.78 is 27.6. The summed E-state index contributed by atoms with van der Waals surface area (Å²) in [5.74, 6) is -4.35. The quantitative estimate of drug-likeness (QED) is 0.256. The van der Waals surface area contributed by atoms with Gasteiger partial charge in [0, 0.05) is 29.2 Å². The molecule has 11 heteroatoms. The van der Waals surface area contributed by atoms with Crippen LogP contribution >= 0.6 is 0 Å².